The van der Waals surface area contributed by atoms with Crippen LogP contribution in [0, 0.1) is 11.3 Å². The highest BCUT2D eigenvalue weighted by molar-refractivity contribution is 5.85. The van der Waals surface area contributed by atoms with Crippen LogP contribution in [0.4, 0.5) is 0 Å². The Labute approximate surface area is 129 Å². The summed E-state index contributed by atoms with van der Waals surface area (Å²) in [6.07, 6.45) is 3.24. The molecule has 0 aliphatic rings. The zero-order valence-corrected chi connectivity index (χ0v) is 12.1. The van der Waals surface area contributed by atoms with Gasteiger partial charge in [-0.1, -0.05) is 54.6 Å². The SMILES string of the molecule is N#CC=Cc1ccc(OCc2cccc3ccccc23)cc1. The number of nitriles is 1. The first kappa shape index (κ1) is 13.9. The standard InChI is InChI=1S/C20H15NO/c21-14-4-5-16-10-12-19(13-11-16)22-15-18-8-3-7-17-6-1-2-9-20(17)18/h1-13H,15H2. The lowest BCUT2D eigenvalue weighted by Gasteiger charge is -2.09. The number of benzene rings is 3. The fraction of sp³-hybridized carbons (Fsp3) is 0.0500. The molecule has 0 fully saturated rings. The van der Waals surface area contributed by atoms with Gasteiger partial charge in [0.15, 0.2) is 0 Å². The molecule has 3 rings (SSSR count). The third kappa shape index (κ3) is 3.16. The van der Waals surface area contributed by atoms with Gasteiger partial charge in [-0.25, -0.2) is 0 Å². The molecule has 0 spiro atoms. The fourth-order valence-corrected chi connectivity index (χ4v) is 2.39. The molecule has 3 aromatic rings. The van der Waals surface area contributed by atoms with Gasteiger partial charge in [-0.05, 0) is 40.1 Å². The van der Waals surface area contributed by atoms with Gasteiger partial charge in [0.1, 0.15) is 12.4 Å². The van der Waals surface area contributed by atoms with E-state index in [1.54, 1.807) is 6.08 Å². The highest BCUT2D eigenvalue weighted by atomic mass is 16.5. The number of ether oxygens (including phenoxy) is 1. The average molecular weight is 285 g/mol. The third-order valence-electron chi connectivity index (χ3n) is 3.50. The van der Waals surface area contributed by atoms with Gasteiger partial charge in [0.25, 0.3) is 0 Å². The quantitative estimate of drug-likeness (QED) is 0.635. The monoisotopic (exact) mass is 285 g/mol. The normalized spacial score (nSPS) is 10.7. The predicted molar refractivity (Wildman–Crippen MR) is 89.4 cm³/mol. The van der Waals surface area contributed by atoms with Crippen LogP contribution in [0.3, 0.4) is 0 Å². The van der Waals surface area contributed by atoms with Crippen LogP contribution in [0.5, 0.6) is 5.75 Å². The first-order valence-corrected chi connectivity index (χ1v) is 7.12. The van der Waals surface area contributed by atoms with Crippen molar-refractivity contribution in [2.24, 2.45) is 0 Å². The molecule has 0 unspecified atom stereocenters. The van der Waals surface area contributed by atoms with Crippen molar-refractivity contribution in [3.05, 3.63) is 83.9 Å². The van der Waals surface area contributed by atoms with E-state index in [1.807, 2.05) is 42.5 Å². The van der Waals surface area contributed by atoms with Crippen LogP contribution >= 0.6 is 0 Å². The maximum absolute atomic E-state index is 8.52. The van der Waals surface area contributed by atoms with Gasteiger partial charge in [-0.15, -0.1) is 0 Å². The Morgan fingerprint density at radius 3 is 2.50 bits per heavy atom. The average Bonchev–Trinajstić information content (AvgIpc) is 2.59. The summed E-state index contributed by atoms with van der Waals surface area (Å²) in [7, 11) is 0. The van der Waals surface area contributed by atoms with Gasteiger partial charge in [-0.3, -0.25) is 0 Å². The van der Waals surface area contributed by atoms with Crippen molar-refractivity contribution in [2.75, 3.05) is 0 Å². The van der Waals surface area contributed by atoms with E-state index in [0.29, 0.717) is 6.61 Å². The van der Waals surface area contributed by atoms with Gasteiger partial charge in [0.05, 0.1) is 6.07 Å². The summed E-state index contributed by atoms with van der Waals surface area (Å²) in [5.74, 6) is 0.821. The molecule has 0 saturated heterocycles. The van der Waals surface area contributed by atoms with Crippen molar-refractivity contribution in [3.63, 3.8) is 0 Å². The fourth-order valence-electron chi connectivity index (χ4n) is 2.39. The largest absolute Gasteiger partial charge is 0.489 e. The minimum Gasteiger partial charge on any atom is -0.489 e. The van der Waals surface area contributed by atoms with E-state index in [1.165, 1.54) is 22.4 Å². The van der Waals surface area contributed by atoms with Crippen LogP contribution in [0.1, 0.15) is 11.1 Å². The first-order valence-electron chi connectivity index (χ1n) is 7.12. The summed E-state index contributed by atoms with van der Waals surface area (Å²) in [5, 5.41) is 11.0. The molecule has 0 bridgehead atoms. The number of rotatable bonds is 4. The van der Waals surface area contributed by atoms with Crippen LogP contribution in [0.25, 0.3) is 16.8 Å². The highest BCUT2D eigenvalue weighted by Gasteiger charge is 2.01. The van der Waals surface area contributed by atoms with E-state index in [9.17, 15) is 0 Å². The van der Waals surface area contributed by atoms with Gasteiger partial charge < -0.3 is 4.74 Å². The summed E-state index contributed by atoms with van der Waals surface area (Å²) in [4.78, 5) is 0. The minimum atomic E-state index is 0.536. The molecule has 2 nitrogen and oxygen atoms in total. The summed E-state index contributed by atoms with van der Waals surface area (Å²) < 4.78 is 5.87. The van der Waals surface area contributed by atoms with Crippen molar-refractivity contribution in [2.45, 2.75) is 6.61 Å². The zero-order valence-electron chi connectivity index (χ0n) is 12.1. The number of fused-ring (bicyclic) bond motifs is 1. The van der Waals surface area contributed by atoms with E-state index >= 15 is 0 Å². The summed E-state index contributed by atoms with van der Waals surface area (Å²) in [6.45, 7) is 0.536. The molecule has 3 aromatic carbocycles. The van der Waals surface area contributed by atoms with Crippen LogP contribution in [-0.2, 0) is 6.61 Å². The second kappa shape index (κ2) is 6.60. The van der Waals surface area contributed by atoms with Crippen LogP contribution in [0.15, 0.2) is 72.8 Å². The smallest absolute Gasteiger partial charge is 0.119 e. The van der Waals surface area contributed by atoms with Crippen molar-refractivity contribution in [3.8, 4) is 11.8 Å². The van der Waals surface area contributed by atoms with Crippen LogP contribution in [0.2, 0.25) is 0 Å². The lowest BCUT2D eigenvalue weighted by Crippen LogP contribution is -1.96. The Morgan fingerprint density at radius 1 is 0.909 bits per heavy atom. The van der Waals surface area contributed by atoms with Crippen molar-refractivity contribution < 1.29 is 4.74 Å². The van der Waals surface area contributed by atoms with Crippen LogP contribution in [-0.4, -0.2) is 0 Å². The maximum Gasteiger partial charge on any atom is 0.119 e. The summed E-state index contributed by atoms with van der Waals surface area (Å²) in [6, 6.07) is 24.2. The molecule has 0 amide bonds. The minimum absolute atomic E-state index is 0.536. The molecule has 2 heteroatoms. The molecule has 0 N–H and O–H groups in total. The molecule has 0 saturated carbocycles. The molecule has 22 heavy (non-hydrogen) atoms. The van der Waals surface area contributed by atoms with Crippen molar-refractivity contribution >= 4 is 16.8 Å². The second-order valence-electron chi connectivity index (χ2n) is 4.96. The molecular formula is C20H15NO. The van der Waals surface area contributed by atoms with Crippen molar-refractivity contribution in [1.29, 1.82) is 5.26 Å². The first-order chi connectivity index (χ1) is 10.9. The Balaban J connectivity index is 1.74. The van der Waals surface area contributed by atoms with E-state index in [4.69, 9.17) is 10.00 Å². The molecule has 0 aliphatic heterocycles. The number of hydrogen-bond donors (Lipinski definition) is 0. The van der Waals surface area contributed by atoms with E-state index in [0.717, 1.165) is 11.3 Å². The second-order valence-corrected chi connectivity index (χ2v) is 4.96. The van der Waals surface area contributed by atoms with Gasteiger partial charge in [0.2, 0.25) is 0 Å². The van der Waals surface area contributed by atoms with E-state index < -0.39 is 0 Å². The van der Waals surface area contributed by atoms with Crippen molar-refractivity contribution in [1.82, 2.24) is 0 Å². The number of allylic oxidation sites excluding steroid dienone is 1. The van der Waals surface area contributed by atoms with Gasteiger partial charge in [-0.2, -0.15) is 5.26 Å². The molecular weight excluding hydrogens is 270 g/mol. The van der Waals surface area contributed by atoms with Gasteiger partial charge >= 0.3 is 0 Å². The van der Waals surface area contributed by atoms with E-state index in [2.05, 4.69) is 30.3 Å². The highest BCUT2D eigenvalue weighted by Crippen LogP contribution is 2.21. The number of hydrogen-bond acceptors (Lipinski definition) is 2. The van der Waals surface area contributed by atoms with Gasteiger partial charge in [0, 0.05) is 6.08 Å². The third-order valence-corrected chi connectivity index (χ3v) is 3.50. The Hall–Kier alpha value is -3.05. The summed E-state index contributed by atoms with van der Waals surface area (Å²) >= 11 is 0. The lowest BCUT2D eigenvalue weighted by molar-refractivity contribution is 0.307. The topological polar surface area (TPSA) is 33.0 Å². The zero-order chi connectivity index (χ0) is 15.2. The molecule has 0 atom stereocenters. The van der Waals surface area contributed by atoms with E-state index in [-0.39, 0.29) is 0 Å². The molecule has 0 aromatic heterocycles. The molecule has 0 aliphatic carbocycles. The molecule has 0 heterocycles. The lowest BCUT2D eigenvalue weighted by atomic mass is 10.1. The molecule has 106 valence electrons. The predicted octanol–water partition coefficient (Wildman–Crippen LogP) is 4.96. The number of nitrogens with zero attached hydrogens (tertiary/aromatic N) is 1. The Bertz CT molecular complexity index is 836. The Morgan fingerprint density at radius 2 is 1.68 bits per heavy atom. The summed E-state index contributed by atoms with van der Waals surface area (Å²) in [5.41, 5.74) is 2.16. The van der Waals surface area contributed by atoms with Crippen LogP contribution < -0.4 is 4.74 Å². The molecule has 0 radical (unpaired) electrons. The Kier molecular flexibility index (Phi) is 4.17. The maximum atomic E-state index is 8.52.